The van der Waals surface area contributed by atoms with Crippen LogP contribution < -0.4 is 10.2 Å². The maximum Gasteiger partial charge on any atom is 0.256 e. The number of carbonyl (C=O) groups is 2. The molecule has 0 spiro atoms. The van der Waals surface area contributed by atoms with E-state index in [2.05, 4.69) is 5.32 Å². The largest absolute Gasteiger partial charge is 0.339 e. The van der Waals surface area contributed by atoms with Crippen molar-refractivity contribution in [3.05, 3.63) is 29.6 Å². The topological polar surface area (TPSA) is 52.7 Å². The molecule has 2 unspecified atom stereocenters. The summed E-state index contributed by atoms with van der Waals surface area (Å²) in [6.07, 6.45) is 5.47. The summed E-state index contributed by atoms with van der Waals surface area (Å²) in [7, 11) is 1.77. The van der Waals surface area contributed by atoms with Gasteiger partial charge in [-0.25, -0.2) is 4.39 Å². The van der Waals surface area contributed by atoms with Crippen molar-refractivity contribution in [3.63, 3.8) is 0 Å². The van der Waals surface area contributed by atoms with Crippen molar-refractivity contribution in [1.82, 2.24) is 10.2 Å². The van der Waals surface area contributed by atoms with E-state index in [1.54, 1.807) is 22.9 Å². The molecule has 6 heteroatoms. The SMILES string of the molecule is CN(C(=O)c1cc(N2CCCC2=O)ccc1F)C1CC2CCC(C1)N2. The predicted octanol–water partition coefficient (Wildman–Crippen LogP) is 2.31. The Morgan fingerprint density at radius 1 is 1.28 bits per heavy atom. The Morgan fingerprint density at radius 3 is 2.64 bits per heavy atom. The quantitative estimate of drug-likeness (QED) is 0.915. The van der Waals surface area contributed by atoms with Crippen molar-refractivity contribution in [1.29, 1.82) is 0 Å². The monoisotopic (exact) mass is 345 g/mol. The highest BCUT2D eigenvalue weighted by Gasteiger charge is 2.37. The normalized spacial score (nSPS) is 28.5. The molecule has 1 N–H and O–H groups in total. The van der Waals surface area contributed by atoms with Crippen LogP contribution in [0.4, 0.5) is 10.1 Å². The van der Waals surface area contributed by atoms with Crippen LogP contribution in [0.15, 0.2) is 18.2 Å². The number of rotatable bonds is 3. The van der Waals surface area contributed by atoms with E-state index in [4.69, 9.17) is 0 Å². The van der Waals surface area contributed by atoms with Crippen LogP contribution in [0.3, 0.4) is 0 Å². The second-order valence-corrected chi connectivity index (χ2v) is 7.49. The first kappa shape index (κ1) is 16.5. The number of amides is 2. The Balaban J connectivity index is 1.55. The second-order valence-electron chi connectivity index (χ2n) is 7.49. The molecule has 3 saturated heterocycles. The van der Waals surface area contributed by atoms with E-state index < -0.39 is 5.82 Å². The van der Waals surface area contributed by atoms with Gasteiger partial charge in [0.15, 0.2) is 0 Å². The van der Waals surface area contributed by atoms with E-state index >= 15 is 0 Å². The third-order valence-corrected chi connectivity index (χ3v) is 5.88. The van der Waals surface area contributed by atoms with Crippen LogP contribution in [-0.2, 0) is 4.79 Å². The fourth-order valence-electron chi connectivity index (χ4n) is 4.47. The van der Waals surface area contributed by atoms with Gasteiger partial charge in [-0.15, -0.1) is 0 Å². The zero-order valence-corrected chi connectivity index (χ0v) is 14.5. The van der Waals surface area contributed by atoms with E-state index in [-0.39, 0.29) is 23.4 Å². The van der Waals surface area contributed by atoms with Crippen LogP contribution in [0, 0.1) is 5.82 Å². The highest BCUT2D eigenvalue weighted by Crippen LogP contribution is 2.31. The average molecular weight is 345 g/mol. The zero-order valence-electron chi connectivity index (χ0n) is 14.5. The molecule has 2 amide bonds. The first-order valence-electron chi connectivity index (χ1n) is 9.16. The Labute approximate surface area is 147 Å². The lowest BCUT2D eigenvalue weighted by atomic mass is 9.98. The minimum atomic E-state index is -0.524. The van der Waals surface area contributed by atoms with E-state index in [0.717, 1.165) is 32.1 Å². The number of hydrogen-bond acceptors (Lipinski definition) is 3. The van der Waals surface area contributed by atoms with E-state index in [0.29, 0.717) is 30.7 Å². The molecule has 1 aromatic carbocycles. The van der Waals surface area contributed by atoms with Gasteiger partial charge in [0.1, 0.15) is 5.82 Å². The lowest BCUT2D eigenvalue weighted by Gasteiger charge is -2.35. The van der Waals surface area contributed by atoms with Crippen LogP contribution in [-0.4, -0.2) is 48.4 Å². The van der Waals surface area contributed by atoms with Crippen molar-refractivity contribution < 1.29 is 14.0 Å². The van der Waals surface area contributed by atoms with Gasteiger partial charge in [-0.1, -0.05) is 0 Å². The molecule has 3 heterocycles. The van der Waals surface area contributed by atoms with Crippen LogP contribution in [0.2, 0.25) is 0 Å². The summed E-state index contributed by atoms with van der Waals surface area (Å²) in [5.74, 6) is -0.783. The maximum atomic E-state index is 14.3. The van der Waals surface area contributed by atoms with Crippen LogP contribution in [0.25, 0.3) is 0 Å². The molecule has 0 saturated carbocycles. The Morgan fingerprint density at radius 2 is 2.00 bits per heavy atom. The fraction of sp³-hybridized carbons (Fsp3) is 0.579. The minimum Gasteiger partial charge on any atom is -0.339 e. The number of fused-ring (bicyclic) bond motifs is 2. The molecule has 3 aliphatic heterocycles. The highest BCUT2D eigenvalue weighted by atomic mass is 19.1. The third kappa shape index (κ3) is 3.03. The average Bonchev–Trinajstić information content (AvgIpc) is 3.19. The molecular weight excluding hydrogens is 321 g/mol. The summed E-state index contributed by atoms with van der Waals surface area (Å²) in [5.41, 5.74) is 0.677. The lowest BCUT2D eigenvalue weighted by molar-refractivity contribution is -0.117. The molecule has 2 atom stereocenters. The molecule has 5 nitrogen and oxygen atoms in total. The van der Waals surface area contributed by atoms with Gasteiger partial charge in [0.2, 0.25) is 5.91 Å². The summed E-state index contributed by atoms with van der Waals surface area (Å²) < 4.78 is 14.3. The Kier molecular flexibility index (Phi) is 4.23. The van der Waals surface area contributed by atoms with Crippen LogP contribution in [0.5, 0.6) is 0 Å². The van der Waals surface area contributed by atoms with Crippen molar-refractivity contribution >= 4 is 17.5 Å². The number of nitrogens with zero attached hydrogens (tertiary/aromatic N) is 2. The van der Waals surface area contributed by atoms with Gasteiger partial charge in [0, 0.05) is 43.8 Å². The van der Waals surface area contributed by atoms with Gasteiger partial charge < -0.3 is 15.1 Å². The first-order valence-corrected chi connectivity index (χ1v) is 9.16. The smallest absolute Gasteiger partial charge is 0.256 e. The molecule has 3 fully saturated rings. The van der Waals surface area contributed by atoms with Crippen LogP contribution >= 0.6 is 0 Å². The van der Waals surface area contributed by atoms with Crippen molar-refractivity contribution in [3.8, 4) is 0 Å². The molecule has 1 aromatic rings. The Hall–Kier alpha value is -1.95. The summed E-state index contributed by atoms with van der Waals surface area (Å²) in [4.78, 5) is 28.2. The van der Waals surface area contributed by atoms with Gasteiger partial charge >= 0.3 is 0 Å². The highest BCUT2D eigenvalue weighted by molar-refractivity contribution is 5.99. The van der Waals surface area contributed by atoms with Gasteiger partial charge in [-0.05, 0) is 50.3 Å². The maximum absolute atomic E-state index is 14.3. The number of piperidine rings is 1. The first-order chi connectivity index (χ1) is 12.0. The summed E-state index contributed by atoms with van der Waals surface area (Å²) in [6.45, 7) is 0.631. The molecule has 0 aliphatic carbocycles. The summed E-state index contributed by atoms with van der Waals surface area (Å²) >= 11 is 0. The third-order valence-electron chi connectivity index (χ3n) is 5.88. The minimum absolute atomic E-state index is 0.0355. The van der Waals surface area contributed by atoms with E-state index in [9.17, 15) is 14.0 Å². The molecule has 25 heavy (non-hydrogen) atoms. The van der Waals surface area contributed by atoms with Gasteiger partial charge in [-0.3, -0.25) is 9.59 Å². The molecule has 4 rings (SSSR count). The Bertz CT molecular complexity index is 696. The standard InChI is InChI=1S/C19H24FN3O2/c1-22(15-9-12-4-5-13(10-15)21-12)19(25)16-11-14(6-7-17(16)20)23-8-2-3-18(23)24/h6-7,11-13,15,21H,2-5,8-10H2,1H3. The van der Waals surface area contributed by atoms with Gasteiger partial charge in [-0.2, -0.15) is 0 Å². The zero-order chi connectivity index (χ0) is 17.6. The molecule has 3 aliphatic rings. The molecule has 134 valence electrons. The van der Waals surface area contributed by atoms with E-state index in [1.165, 1.54) is 12.1 Å². The summed E-state index contributed by atoms with van der Waals surface area (Å²) in [5, 5.41) is 3.56. The second kappa shape index (κ2) is 6.41. The molecule has 0 aromatic heterocycles. The van der Waals surface area contributed by atoms with Gasteiger partial charge in [0.05, 0.1) is 5.56 Å². The molecule has 0 radical (unpaired) electrons. The molecule has 2 bridgehead atoms. The molecular formula is C19H24FN3O2. The number of nitrogens with one attached hydrogen (secondary N) is 1. The fourth-order valence-corrected chi connectivity index (χ4v) is 4.47. The number of anilines is 1. The number of benzene rings is 1. The summed E-state index contributed by atoms with van der Waals surface area (Å²) in [6, 6.07) is 5.50. The number of carbonyl (C=O) groups excluding carboxylic acids is 2. The van der Waals surface area contributed by atoms with Crippen LogP contribution in [0.1, 0.15) is 48.9 Å². The number of hydrogen-bond donors (Lipinski definition) is 1. The van der Waals surface area contributed by atoms with E-state index in [1.807, 2.05) is 0 Å². The predicted molar refractivity (Wildman–Crippen MR) is 93.0 cm³/mol. The van der Waals surface area contributed by atoms with Crippen molar-refractivity contribution in [2.75, 3.05) is 18.5 Å². The lowest BCUT2D eigenvalue weighted by Crippen LogP contribution is -2.48. The van der Waals surface area contributed by atoms with Crippen molar-refractivity contribution in [2.45, 2.75) is 56.7 Å². The van der Waals surface area contributed by atoms with Gasteiger partial charge in [0.25, 0.3) is 5.91 Å². The number of halogens is 1. The van der Waals surface area contributed by atoms with Crippen molar-refractivity contribution in [2.24, 2.45) is 0 Å².